The Morgan fingerprint density at radius 1 is 1.61 bits per heavy atom. The lowest BCUT2D eigenvalue weighted by Gasteiger charge is -2.32. The molecule has 0 aromatic heterocycles. The van der Waals surface area contributed by atoms with Gasteiger partial charge in [-0.2, -0.15) is 0 Å². The van der Waals surface area contributed by atoms with E-state index in [9.17, 15) is 5.11 Å². The molecule has 0 aromatic carbocycles. The molecular formula is C14H19N3O. The molecule has 3 aliphatic rings. The highest BCUT2D eigenvalue weighted by atomic mass is 16.3. The zero-order valence-electron chi connectivity index (χ0n) is 10.6. The van der Waals surface area contributed by atoms with E-state index in [2.05, 4.69) is 22.7 Å². The first-order valence-electron chi connectivity index (χ1n) is 6.47. The van der Waals surface area contributed by atoms with Crippen molar-refractivity contribution in [2.24, 2.45) is 11.7 Å². The summed E-state index contributed by atoms with van der Waals surface area (Å²) in [6, 6.07) is 0.107. The smallest absolute Gasteiger partial charge is 0.115 e. The average Bonchev–Trinajstić information content (AvgIpc) is 2.72. The van der Waals surface area contributed by atoms with Crippen LogP contribution in [0, 0.1) is 5.92 Å². The lowest BCUT2D eigenvalue weighted by Crippen LogP contribution is -2.40. The molecular weight excluding hydrogens is 226 g/mol. The third-order valence-electron chi connectivity index (χ3n) is 3.64. The second kappa shape index (κ2) is 4.21. The van der Waals surface area contributed by atoms with E-state index in [0.29, 0.717) is 11.7 Å². The largest absolute Gasteiger partial charge is 0.508 e. The molecule has 1 aliphatic heterocycles. The lowest BCUT2D eigenvalue weighted by atomic mass is 9.81. The number of nitrogens with one attached hydrogen (secondary N) is 1. The van der Waals surface area contributed by atoms with Crippen LogP contribution in [-0.4, -0.2) is 22.7 Å². The van der Waals surface area contributed by atoms with Crippen LogP contribution in [0.15, 0.2) is 47.0 Å². The zero-order valence-corrected chi connectivity index (χ0v) is 10.6. The minimum Gasteiger partial charge on any atom is -0.508 e. The van der Waals surface area contributed by atoms with Gasteiger partial charge in [-0.1, -0.05) is 6.08 Å². The first-order valence-corrected chi connectivity index (χ1v) is 6.47. The first kappa shape index (κ1) is 11.4. The van der Waals surface area contributed by atoms with Gasteiger partial charge < -0.3 is 16.3 Å². The zero-order chi connectivity index (χ0) is 12.7. The molecule has 0 amide bonds. The Labute approximate surface area is 107 Å². The predicted molar refractivity (Wildman–Crippen MR) is 71.2 cm³/mol. The third-order valence-corrected chi connectivity index (χ3v) is 3.64. The van der Waals surface area contributed by atoms with Crippen LogP contribution >= 0.6 is 0 Å². The monoisotopic (exact) mass is 245 g/mol. The molecule has 0 aromatic rings. The van der Waals surface area contributed by atoms with Gasteiger partial charge in [0.25, 0.3) is 0 Å². The van der Waals surface area contributed by atoms with Gasteiger partial charge >= 0.3 is 0 Å². The Hall–Kier alpha value is -1.68. The summed E-state index contributed by atoms with van der Waals surface area (Å²) in [5.41, 5.74) is 12.9. The van der Waals surface area contributed by atoms with Crippen LogP contribution in [-0.2, 0) is 0 Å². The Morgan fingerprint density at radius 2 is 2.44 bits per heavy atom. The molecule has 18 heavy (non-hydrogen) atoms. The molecule has 0 saturated carbocycles. The van der Waals surface area contributed by atoms with Crippen molar-refractivity contribution in [2.45, 2.75) is 25.8 Å². The molecule has 0 radical (unpaired) electrons. The highest BCUT2D eigenvalue weighted by Gasteiger charge is 2.31. The quantitative estimate of drug-likeness (QED) is 0.693. The summed E-state index contributed by atoms with van der Waals surface area (Å²) in [7, 11) is 0. The van der Waals surface area contributed by atoms with Crippen molar-refractivity contribution in [3.05, 3.63) is 47.0 Å². The maximum absolute atomic E-state index is 9.69. The van der Waals surface area contributed by atoms with Crippen LogP contribution < -0.4 is 11.2 Å². The molecule has 4 N–H and O–H groups in total. The average molecular weight is 245 g/mol. The highest BCUT2D eigenvalue weighted by molar-refractivity contribution is 5.49. The van der Waals surface area contributed by atoms with Crippen molar-refractivity contribution < 1.29 is 5.11 Å². The third kappa shape index (κ3) is 1.82. The van der Waals surface area contributed by atoms with Gasteiger partial charge in [0.15, 0.2) is 0 Å². The first-order chi connectivity index (χ1) is 8.65. The Morgan fingerprint density at radius 3 is 3.22 bits per heavy atom. The number of nitrogens with two attached hydrogens (primary N) is 1. The minimum absolute atomic E-state index is 0.107. The number of hydrogen-bond acceptors (Lipinski definition) is 4. The number of allylic oxidation sites excluding steroid dienone is 5. The summed E-state index contributed by atoms with van der Waals surface area (Å²) in [6.45, 7) is 2.77. The van der Waals surface area contributed by atoms with Crippen molar-refractivity contribution in [2.75, 3.05) is 6.54 Å². The summed E-state index contributed by atoms with van der Waals surface area (Å²) < 4.78 is 0. The van der Waals surface area contributed by atoms with E-state index in [-0.39, 0.29) is 6.04 Å². The van der Waals surface area contributed by atoms with E-state index < -0.39 is 0 Å². The van der Waals surface area contributed by atoms with Crippen molar-refractivity contribution >= 4 is 0 Å². The van der Waals surface area contributed by atoms with Crippen LogP contribution in [0.2, 0.25) is 0 Å². The minimum atomic E-state index is 0.107. The summed E-state index contributed by atoms with van der Waals surface area (Å²) in [5.74, 6) is 0.756. The molecule has 2 aliphatic carbocycles. The van der Waals surface area contributed by atoms with Crippen LogP contribution in [0.4, 0.5) is 0 Å². The van der Waals surface area contributed by atoms with Crippen molar-refractivity contribution in [3.63, 3.8) is 0 Å². The van der Waals surface area contributed by atoms with Gasteiger partial charge in [0, 0.05) is 18.2 Å². The van der Waals surface area contributed by atoms with Gasteiger partial charge in [-0.25, -0.2) is 0 Å². The van der Waals surface area contributed by atoms with Crippen LogP contribution in [0.3, 0.4) is 0 Å². The molecule has 0 bridgehead atoms. The van der Waals surface area contributed by atoms with Gasteiger partial charge in [0.1, 0.15) is 5.76 Å². The molecule has 1 heterocycles. The van der Waals surface area contributed by atoms with Crippen LogP contribution in [0.1, 0.15) is 19.8 Å². The molecule has 4 nitrogen and oxygen atoms in total. The van der Waals surface area contributed by atoms with Crippen LogP contribution in [0.5, 0.6) is 0 Å². The van der Waals surface area contributed by atoms with E-state index >= 15 is 0 Å². The number of hydrogen-bond donors (Lipinski definition) is 3. The predicted octanol–water partition coefficient (Wildman–Crippen LogP) is 1.71. The Kier molecular flexibility index (Phi) is 2.67. The fourth-order valence-electron chi connectivity index (χ4n) is 2.87. The number of hydrazine groups is 1. The number of aliphatic hydroxyl groups excluding tert-OH is 1. The number of aliphatic hydroxyl groups is 1. The maximum atomic E-state index is 9.69. The second-order valence-corrected chi connectivity index (χ2v) is 5.26. The molecule has 2 unspecified atom stereocenters. The van der Waals surface area contributed by atoms with Gasteiger partial charge in [-0.15, -0.1) is 0 Å². The highest BCUT2D eigenvalue weighted by Crippen LogP contribution is 2.40. The number of rotatable bonds is 2. The molecule has 0 fully saturated rings. The second-order valence-electron chi connectivity index (χ2n) is 5.26. The van der Waals surface area contributed by atoms with Gasteiger partial charge in [-0.3, -0.25) is 5.01 Å². The van der Waals surface area contributed by atoms with Crippen LogP contribution in [0.25, 0.3) is 0 Å². The summed E-state index contributed by atoms with van der Waals surface area (Å²) in [6.07, 6.45) is 10.0. The Bertz CT molecular complexity index is 485. The van der Waals surface area contributed by atoms with Crippen molar-refractivity contribution in [3.8, 4) is 0 Å². The van der Waals surface area contributed by atoms with E-state index in [0.717, 1.165) is 19.4 Å². The van der Waals surface area contributed by atoms with Gasteiger partial charge in [0.05, 0.1) is 12.2 Å². The Balaban J connectivity index is 2.00. The standard InChI is InChI=1S/C14H19N3O/c1-9(15)8-17-14-11(7-16-17)3-2-10-4-5-12(18)6-13(10)14/h4-7,9-10,16,18H,2-3,8,15H2,1H3. The van der Waals surface area contributed by atoms with E-state index in [1.165, 1.54) is 16.8 Å². The normalized spacial score (nSPS) is 27.2. The van der Waals surface area contributed by atoms with Crippen molar-refractivity contribution in [1.82, 2.24) is 10.4 Å². The van der Waals surface area contributed by atoms with Gasteiger partial charge in [-0.05, 0) is 43.1 Å². The maximum Gasteiger partial charge on any atom is 0.115 e. The fraction of sp³-hybridized carbons (Fsp3) is 0.429. The fourth-order valence-corrected chi connectivity index (χ4v) is 2.87. The summed E-state index contributed by atoms with van der Waals surface area (Å²) in [5, 5.41) is 11.8. The topological polar surface area (TPSA) is 61.5 Å². The summed E-state index contributed by atoms with van der Waals surface area (Å²) >= 11 is 0. The molecule has 3 rings (SSSR count). The van der Waals surface area contributed by atoms with E-state index in [4.69, 9.17) is 5.73 Å². The number of nitrogens with zero attached hydrogens (tertiary/aromatic N) is 1. The molecule has 0 saturated heterocycles. The molecule has 0 spiro atoms. The molecule has 2 atom stereocenters. The number of fused-ring (bicyclic) bond motifs is 2. The van der Waals surface area contributed by atoms with Crippen molar-refractivity contribution in [1.29, 1.82) is 0 Å². The van der Waals surface area contributed by atoms with Gasteiger partial charge in [0.2, 0.25) is 0 Å². The van der Waals surface area contributed by atoms with E-state index in [1.54, 1.807) is 6.08 Å². The molecule has 4 heteroatoms. The SMILES string of the molecule is CC(N)CN1NC=C2CCC3C=CC(O)=CC3=C21. The van der Waals surface area contributed by atoms with E-state index in [1.807, 2.05) is 13.0 Å². The molecule has 96 valence electrons. The lowest BCUT2D eigenvalue weighted by molar-refractivity contribution is 0.288. The summed E-state index contributed by atoms with van der Waals surface area (Å²) in [4.78, 5) is 0.